The minimum absolute atomic E-state index is 0.0376. The summed E-state index contributed by atoms with van der Waals surface area (Å²) in [7, 11) is 1.24. The maximum Gasteiger partial charge on any atom is 0.407 e. The van der Waals surface area contributed by atoms with Gasteiger partial charge in [0, 0.05) is 38.9 Å². The molecule has 0 unspecified atom stereocenters. The summed E-state index contributed by atoms with van der Waals surface area (Å²) in [4.78, 5) is 54.4. The fourth-order valence-electron chi connectivity index (χ4n) is 5.12. The highest BCUT2D eigenvalue weighted by Crippen LogP contribution is 2.30. The van der Waals surface area contributed by atoms with Crippen LogP contribution >= 0.6 is 0 Å². The van der Waals surface area contributed by atoms with Gasteiger partial charge in [-0.05, 0) is 61.1 Å². The van der Waals surface area contributed by atoms with Crippen molar-refractivity contribution >= 4 is 35.2 Å². The second-order valence-corrected chi connectivity index (χ2v) is 10.3. The van der Waals surface area contributed by atoms with E-state index >= 15 is 0 Å². The number of rotatable bonds is 7. The number of carbonyl (C=O) groups is 4. The third-order valence-electron chi connectivity index (χ3n) is 7.72. The van der Waals surface area contributed by atoms with E-state index in [9.17, 15) is 33.1 Å². The van der Waals surface area contributed by atoms with Crippen molar-refractivity contribution in [2.24, 2.45) is 5.92 Å². The number of halogens is 2. The first kappa shape index (κ1) is 29.7. The van der Waals surface area contributed by atoms with Crippen molar-refractivity contribution in [3.63, 3.8) is 0 Å². The third-order valence-corrected chi connectivity index (χ3v) is 7.72. The van der Waals surface area contributed by atoms with Crippen LogP contribution in [0.4, 0.5) is 25.0 Å². The molecular formula is C28H33F2N5O6. The lowest BCUT2D eigenvalue weighted by atomic mass is 9.87. The van der Waals surface area contributed by atoms with Gasteiger partial charge in [-0.1, -0.05) is 12.1 Å². The predicted molar refractivity (Wildman–Crippen MR) is 145 cm³/mol. The molecule has 2 aromatic carbocycles. The molecule has 2 aliphatic rings. The van der Waals surface area contributed by atoms with Crippen LogP contribution < -0.4 is 16.4 Å². The molecule has 5 N–H and O–H groups in total. The van der Waals surface area contributed by atoms with Crippen molar-refractivity contribution < 1.29 is 37.8 Å². The molecule has 2 heterocycles. The Labute approximate surface area is 235 Å². The number of nitrogens with two attached hydrogens (primary N) is 1. The van der Waals surface area contributed by atoms with Gasteiger partial charge in [-0.15, -0.1) is 0 Å². The zero-order valence-electron chi connectivity index (χ0n) is 22.7. The summed E-state index contributed by atoms with van der Waals surface area (Å²) >= 11 is 0. The number of nitrogen functional groups attached to an aromatic ring is 1. The molecule has 4 amide bonds. The molecule has 0 spiro atoms. The number of amides is 4. The first-order valence-electron chi connectivity index (χ1n) is 13.2. The number of benzene rings is 2. The van der Waals surface area contributed by atoms with Crippen molar-refractivity contribution in [3.8, 4) is 0 Å². The van der Waals surface area contributed by atoms with Gasteiger partial charge in [0.05, 0.1) is 0 Å². The Morgan fingerprint density at radius 3 is 2.39 bits per heavy atom. The Morgan fingerprint density at radius 1 is 1.10 bits per heavy atom. The van der Waals surface area contributed by atoms with E-state index in [1.165, 1.54) is 24.9 Å². The van der Waals surface area contributed by atoms with Crippen LogP contribution in [0.3, 0.4) is 0 Å². The second-order valence-electron chi connectivity index (χ2n) is 10.3. The first-order chi connectivity index (χ1) is 19.5. The van der Waals surface area contributed by atoms with Gasteiger partial charge in [-0.3, -0.25) is 19.3 Å². The smallest absolute Gasteiger partial charge is 0.407 e. The Morgan fingerprint density at radius 2 is 1.76 bits per heavy atom. The summed E-state index contributed by atoms with van der Waals surface area (Å²) in [5, 5.41) is 14.3. The van der Waals surface area contributed by atoms with Gasteiger partial charge in [0.2, 0.25) is 17.7 Å². The molecule has 3 atom stereocenters. The molecule has 220 valence electrons. The predicted octanol–water partition coefficient (Wildman–Crippen LogP) is 2.35. The van der Waals surface area contributed by atoms with E-state index in [1.807, 2.05) is 0 Å². The number of anilines is 2. The molecule has 0 bridgehead atoms. The zero-order chi connectivity index (χ0) is 29.8. The summed E-state index contributed by atoms with van der Waals surface area (Å²) in [6.45, 7) is 2.06. The van der Waals surface area contributed by atoms with Crippen molar-refractivity contribution in [3.05, 3.63) is 59.2 Å². The van der Waals surface area contributed by atoms with Crippen LogP contribution in [0.15, 0.2) is 36.4 Å². The number of likely N-dealkylation sites (N-methyl/N-ethyl adjacent to an activating group) is 1. The lowest BCUT2D eigenvalue weighted by Crippen LogP contribution is -2.60. The fraction of sp³-hybridized carbons (Fsp3) is 0.429. The summed E-state index contributed by atoms with van der Waals surface area (Å²) < 4.78 is 34.2. The number of hydrogen-bond acceptors (Lipinski definition) is 6. The summed E-state index contributed by atoms with van der Waals surface area (Å²) in [5.74, 6) is -4.37. The van der Waals surface area contributed by atoms with Crippen molar-refractivity contribution in [1.82, 2.24) is 15.1 Å². The minimum atomic E-state index is -1.32. The van der Waals surface area contributed by atoms with E-state index in [1.54, 1.807) is 18.2 Å². The molecule has 2 aliphatic heterocycles. The normalized spacial score (nSPS) is 18.5. The maximum atomic E-state index is 14.4. The van der Waals surface area contributed by atoms with E-state index < -0.39 is 59.3 Å². The van der Waals surface area contributed by atoms with Gasteiger partial charge < -0.3 is 31.1 Å². The van der Waals surface area contributed by atoms with E-state index in [-0.39, 0.29) is 18.9 Å². The minimum Gasteiger partial charge on any atom is -0.465 e. The summed E-state index contributed by atoms with van der Waals surface area (Å²) in [5.41, 5.74) is 7.22. The molecule has 2 aromatic rings. The standard InChI is InChI=1S/C28H33F2N5O6/c1-15(34(2)28(39)40)25(36)32-23(16-8-10-41-11-9-16)27(38)35-14-18-12-19(31)7-6-17(18)13-22(35)26(37)33-24-20(29)4-3-5-21(24)30/h3-7,12,15-16,22-23H,8-11,13-14,31H2,1-2H3,(H,32,36)(H,33,37)(H,39,40)/t15-,22-,23-/m0/s1. The number of hydrogen-bond donors (Lipinski definition) is 4. The molecule has 1 fully saturated rings. The average Bonchev–Trinajstić information content (AvgIpc) is 2.96. The van der Waals surface area contributed by atoms with Crippen LogP contribution in [-0.2, 0) is 32.1 Å². The molecule has 0 saturated carbocycles. The largest absolute Gasteiger partial charge is 0.465 e. The number of nitrogens with zero attached hydrogens (tertiary/aromatic N) is 2. The van der Waals surface area contributed by atoms with Crippen LogP contribution in [0.1, 0.15) is 30.9 Å². The molecule has 4 rings (SSSR count). The van der Waals surface area contributed by atoms with Crippen molar-refractivity contribution in [2.75, 3.05) is 31.3 Å². The zero-order valence-corrected chi connectivity index (χ0v) is 22.7. The molecule has 11 nitrogen and oxygen atoms in total. The highest BCUT2D eigenvalue weighted by molar-refractivity contribution is 5.99. The lowest BCUT2D eigenvalue weighted by Gasteiger charge is -2.40. The Kier molecular flexibility index (Phi) is 9.06. The second kappa shape index (κ2) is 12.5. The monoisotopic (exact) mass is 573 g/mol. The van der Waals surface area contributed by atoms with Crippen LogP contribution in [0.2, 0.25) is 0 Å². The molecule has 0 aromatic heterocycles. The van der Waals surface area contributed by atoms with Gasteiger partial charge in [0.1, 0.15) is 35.4 Å². The number of fused-ring (bicyclic) bond motifs is 1. The molecule has 0 aliphatic carbocycles. The Bertz CT molecular complexity index is 1310. The van der Waals surface area contributed by atoms with Gasteiger partial charge in [0.25, 0.3) is 0 Å². The van der Waals surface area contributed by atoms with Crippen LogP contribution in [0.25, 0.3) is 0 Å². The van der Waals surface area contributed by atoms with Crippen LogP contribution in [0, 0.1) is 17.6 Å². The van der Waals surface area contributed by atoms with Gasteiger partial charge in [-0.25, -0.2) is 13.6 Å². The summed E-state index contributed by atoms with van der Waals surface area (Å²) in [6.07, 6.45) is -0.400. The van der Waals surface area contributed by atoms with Crippen molar-refractivity contribution in [1.29, 1.82) is 0 Å². The SMILES string of the molecule is C[C@@H](C(=O)N[C@H](C(=O)N1Cc2cc(N)ccc2C[C@H]1C(=O)Nc1c(F)cccc1F)C1CCOCC1)N(C)C(=O)O. The third kappa shape index (κ3) is 6.56. The number of nitrogens with one attached hydrogen (secondary N) is 2. The van der Waals surface area contributed by atoms with E-state index in [0.717, 1.165) is 22.6 Å². The molecular weight excluding hydrogens is 540 g/mol. The highest BCUT2D eigenvalue weighted by Gasteiger charge is 2.42. The Hall–Kier alpha value is -4.26. The molecule has 41 heavy (non-hydrogen) atoms. The van der Waals surface area contributed by atoms with Crippen LogP contribution in [0.5, 0.6) is 0 Å². The molecule has 1 saturated heterocycles. The van der Waals surface area contributed by atoms with Gasteiger partial charge in [-0.2, -0.15) is 0 Å². The van der Waals surface area contributed by atoms with E-state index in [2.05, 4.69) is 10.6 Å². The number of ether oxygens (including phenoxy) is 1. The molecule has 13 heteroatoms. The van der Waals surface area contributed by atoms with Gasteiger partial charge >= 0.3 is 6.09 Å². The number of para-hydroxylation sites is 1. The van der Waals surface area contributed by atoms with Crippen molar-refractivity contribution in [2.45, 2.75) is 50.9 Å². The van der Waals surface area contributed by atoms with Crippen LogP contribution in [-0.4, -0.2) is 77.1 Å². The maximum absolute atomic E-state index is 14.4. The highest BCUT2D eigenvalue weighted by atomic mass is 19.1. The average molecular weight is 574 g/mol. The lowest BCUT2D eigenvalue weighted by molar-refractivity contribution is -0.146. The number of carbonyl (C=O) groups excluding carboxylic acids is 3. The number of carboxylic acid groups (broad SMARTS) is 1. The van der Waals surface area contributed by atoms with E-state index in [4.69, 9.17) is 10.5 Å². The summed E-state index contributed by atoms with van der Waals surface area (Å²) in [6, 6.07) is 4.88. The Balaban J connectivity index is 1.68. The van der Waals surface area contributed by atoms with E-state index in [0.29, 0.717) is 37.3 Å². The fourth-order valence-corrected chi connectivity index (χ4v) is 5.12. The topological polar surface area (TPSA) is 154 Å². The first-order valence-corrected chi connectivity index (χ1v) is 13.2. The molecule has 0 radical (unpaired) electrons. The van der Waals surface area contributed by atoms with Gasteiger partial charge in [0.15, 0.2) is 0 Å². The quantitative estimate of drug-likeness (QED) is 0.371.